The van der Waals surface area contributed by atoms with Crippen molar-refractivity contribution in [1.29, 1.82) is 0 Å². The maximum atomic E-state index is 14.5. The van der Waals surface area contributed by atoms with E-state index in [0.29, 0.717) is 5.69 Å². The third kappa shape index (κ3) is 7.22. The highest BCUT2D eigenvalue weighted by Gasteiger charge is 2.14. The van der Waals surface area contributed by atoms with Crippen LogP contribution in [0, 0.1) is 0 Å². The van der Waals surface area contributed by atoms with Crippen LogP contribution in [0.25, 0.3) is 0 Å². The number of carbonyl (C=O) groups is 2. The number of pyridine rings is 2. The lowest BCUT2D eigenvalue weighted by molar-refractivity contribution is -0.115. The van der Waals surface area contributed by atoms with E-state index in [0.717, 1.165) is 5.69 Å². The molecule has 0 aliphatic carbocycles. The quantitative estimate of drug-likeness (QED) is 0.327. The molecule has 0 fully saturated rings. The Labute approximate surface area is 199 Å². The van der Waals surface area contributed by atoms with Crippen molar-refractivity contribution in [2.45, 2.75) is 38.6 Å². The highest BCUT2D eigenvalue weighted by Crippen LogP contribution is 2.08. The molecule has 0 saturated carbocycles. The van der Waals surface area contributed by atoms with E-state index in [4.69, 9.17) is 0 Å². The van der Waals surface area contributed by atoms with Crippen molar-refractivity contribution in [1.82, 2.24) is 45.3 Å². The third-order valence-corrected chi connectivity index (χ3v) is 4.86. The van der Waals surface area contributed by atoms with Gasteiger partial charge in [0.1, 0.15) is 6.17 Å². The predicted octanol–water partition coefficient (Wildman–Crippen LogP) is 1.20. The molecule has 1 atom stereocenters. The number of amides is 2. The van der Waals surface area contributed by atoms with E-state index < -0.39 is 6.17 Å². The van der Waals surface area contributed by atoms with E-state index in [-0.39, 0.29) is 55.8 Å². The number of anilines is 1. The van der Waals surface area contributed by atoms with Crippen LogP contribution < -0.4 is 10.6 Å². The average Bonchev–Trinajstić information content (AvgIpc) is 3.52. The molecule has 12 nitrogen and oxygen atoms in total. The first kappa shape index (κ1) is 23.6. The van der Waals surface area contributed by atoms with E-state index in [1.54, 1.807) is 42.7 Å². The van der Waals surface area contributed by atoms with Crippen LogP contribution in [0.5, 0.6) is 0 Å². The Hall–Kier alpha value is -4.55. The van der Waals surface area contributed by atoms with Crippen LogP contribution >= 0.6 is 0 Å². The van der Waals surface area contributed by atoms with Gasteiger partial charge in [-0.1, -0.05) is 22.6 Å². The second-order valence-electron chi connectivity index (χ2n) is 7.63. The fraction of sp³-hybridized carbons (Fsp3) is 0.273. The van der Waals surface area contributed by atoms with Crippen LogP contribution in [0.4, 0.5) is 10.2 Å². The molecule has 4 aromatic heterocycles. The molecular formula is C22H23FN10O2. The van der Waals surface area contributed by atoms with Crippen molar-refractivity contribution in [2.75, 3.05) is 5.32 Å². The van der Waals surface area contributed by atoms with Crippen LogP contribution in [0.3, 0.4) is 0 Å². The van der Waals surface area contributed by atoms with Crippen molar-refractivity contribution in [3.63, 3.8) is 0 Å². The lowest BCUT2D eigenvalue weighted by Gasteiger charge is -2.07. The summed E-state index contributed by atoms with van der Waals surface area (Å²) >= 11 is 0. The number of hydrogen-bond donors (Lipinski definition) is 2. The van der Waals surface area contributed by atoms with E-state index in [1.807, 2.05) is 6.07 Å². The molecule has 2 N–H and O–H groups in total. The molecule has 0 bridgehead atoms. The lowest BCUT2D eigenvalue weighted by atomic mass is 10.2. The van der Waals surface area contributed by atoms with E-state index >= 15 is 0 Å². The summed E-state index contributed by atoms with van der Waals surface area (Å²) in [6, 6.07) is 10.7. The van der Waals surface area contributed by atoms with Crippen molar-refractivity contribution < 1.29 is 14.0 Å². The number of carbonyl (C=O) groups excluding carboxylic acids is 2. The zero-order valence-corrected chi connectivity index (χ0v) is 18.7. The van der Waals surface area contributed by atoms with Gasteiger partial charge in [-0.15, -0.1) is 10.2 Å². The fourth-order valence-electron chi connectivity index (χ4n) is 3.14. The Bertz CT molecular complexity index is 1250. The zero-order chi connectivity index (χ0) is 24.5. The topological polar surface area (TPSA) is 145 Å². The van der Waals surface area contributed by atoms with Gasteiger partial charge in [0.15, 0.2) is 11.5 Å². The smallest absolute Gasteiger partial charge is 0.273 e. The fourth-order valence-corrected chi connectivity index (χ4v) is 3.14. The van der Waals surface area contributed by atoms with Crippen LogP contribution in [-0.2, 0) is 30.8 Å². The SMILES string of the molecule is O=C(Cc1ccccn1)Nc1cn(CC(F)CCn2cc(C(=O)NCc3ccccn3)nn2)nn1. The Morgan fingerprint density at radius 2 is 1.69 bits per heavy atom. The summed E-state index contributed by atoms with van der Waals surface area (Å²) in [6.45, 7) is 0.446. The predicted molar refractivity (Wildman–Crippen MR) is 122 cm³/mol. The largest absolute Gasteiger partial charge is 0.345 e. The van der Waals surface area contributed by atoms with Gasteiger partial charge in [-0.2, -0.15) is 0 Å². The summed E-state index contributed by atoms with van der Waals surface area (Å²) in [4.78, 5) is 32.5. The van der Waals surface area contributed by atoms with Crippen molar-refractivity contribution >= 4 is 17.6 Å². The number of aromatic nitrogens is 8. The molecule has 0 radical (unpaired) electrons. The molecule has 0 aliphatic heterocycles. The Balaban J connectivity index is 1.19. The summed E-state index contributed by atoms with van der Waals surface area (Å²) in [5.74, 6) is -0.451. The molecule has 13 heteroatoms. The molecule has 1 unspecified atom stereocenters. The summed E-state index contributed by atoms with van der Waals surface area (Å²) in [5, 5.41) is 20.7. The van der Waals surface area contributed by atoms with Gasteiger partial charge in [0.25, 0.3) is 5.91 Å². The molecule has 2 amide bonds. The number of alkyl halides is 1. The summed E-state index contributed by atoms with van der Waals surface area (Å²) < 4.78 is 17.2. The minimum atomic E-state index is -1.25. The second kappa shape index (κ2) is 11.5. The monoisotopic (exact) mass is 478 g/mol. The molecule has 0 saturated heterocycles. The summed E-state index contributed by atoms with van der Waals surface area (Å²) in [6.07, 6.45) is 5.15. The van der Waals surface area contributed by atoms with E-state index in [1.165, 1.54) is 21.8 Å². The highest BCUT2D eigenvalue weighted by atomic mass is 19.1. The second-order valence-corrected chi connectivity index (χ2v) is 7.63. The molecular weight excluding hydrogens is 455 g/mol. The number of nitrogens with one attached hydrogen (secondary N) is 2. The molecule has 4 aromatic rings. The van der Waals surface area contributed by atoms with E-state index in [9.17, 15) is 14.0 Å². The van der Waals surface area contributed by atoms with E-state index in [2.05, 4.69) is 41.2 Å². The number of rotatable bonds is 11. The summed E-state index contributed by atoms with van der Waals surface area (Å²) in [5.41, 5.74) is 1.49. The average molecular weight is 478 g/mol. The van der Waals surface area contributed by atoms with Gasteiger partial charge < -0.3 is 10.6 Å². The molecule has 4 rings (SSSR count). The van der Waals surface area contributed by atoms with Gasteiger partial charge >= 0.3 is 0 Å². The first-order valence-electron chi connectivity index (χ1n) is 10.9. The Morgan fingerprint density at radius 1 is 0.943 bits per heavy atom. The third-order valence-electron chi connectivity index (χ3n) is 4.86. The molecule has 35 heavy (non-hydrogen) atoms. The number of halogens is 1. The number of nitrogens with zero attached hydrogens (tertiary/aromatic N) is 8. The Morgan fingerprint density at radius 3 is 2.43 bits per heavy atom. The summed E-state index contributed by atoms with van der Waals surface area (Å²) in [7, 11) is 0. The normalized spacial score (nSPS) is 11.7. The molecule has 0 aliphatic rings. The minimum absolute atomic E-state index is 0.0464. The maximum absolute atomic E-state index is 14.5. The first-order chi connectivity index (χ1) is 17.0. The highest BCUT2D eigenvalue weighted by molar-refractivity contribution is 5.91. The molecule has 0 aromatic carbocycles. The van der Waals surface area contributed by atoms with Gasteiger partial charge in [-0.3, -0.25) is 24.2 Å². The van der Waals surface area contributed by atoms with Crippen molar-refractivity contribution in [3.05, 3.63) is 78.3 Å². The Kier molecular flexibility index (Phi) is 7.78. The molecule has 4 heterocycles. The van der Waals surface area contributed by atoms with Crippen LogP contribution in [0.1, 0.15) is 28.3 Å². The lowest BCUT2D eigenvalue weighted by Crippen LogP contribution is -2.23. The number of aryl methyl sites for hydroxylation is 1. The van der Waals surface area contributed by atoms with Gasteiger partial charge in [0.05, 0.1) is 37.6 Å². The zero-order valence-electron chi connectivity index (χ0n) is 18.7. The van der Waals surface area contributed by atoms with Gasteiger partial charge in [-0.25, -0.2) is 9.07 Å². The number of hydrogen-bond acceptors (Lipinski definition) is 8. The van der Waals surface area contributed by atoms with Gasteiger partial charge in [0.2, 0.25) is 5.91 Å². The van der Waals surface area contributed by atoms with Crippen molar-refractivity contribution in [2.24, 2.45) is 0 Å². The minimum Gasteiger partial charge on any atom is -0.345 e. The molecule has 0 spiro atoms. The van der Waals surface area contributed by atoms with Gasteiger partial charge in [-0.05, 0) is 24.3 Å². The van der Waals surface area contributed by atoms with Crippen LogP contribution in [0.2, 0.25) is 0 Å². The molecule has 180 valence electrons. The standard InChI is InChI=1S/C22H23FN10O2/c23-16(13-33-15-20(29-31-33)27-21(34)11-17-5-1-3-8-24-17)7-10-32-14-19(28-30-32)22(35)26-12-18-6-2-4-9-25-18/h1-6,8-9,14-16H,7,10-13H2,(H,26,35)(H,27,34). The van der Waals surface area contributed by atoms with Crippen molar-refractivity contribution in [3.8, 4) is 0 Å². The van der Waals surface area contributed by atoms with Crippen LogP contribution in [0.15, 0.2) is 61.2 Å². The maximum Gasteiger partial charge on any atom is 0.273 e. The van der Waals surface area contributed by atoms with Gasteiger partial charge in [0, 0.05) is 31.1 Å². The first-order valence-corrected chi connectivity index (χ1v) is 10.9. The van der Waals surface area contributed by atoms with Crippen LogP contribution in [-0.4, -0.2) is 57.9 Å².